The van der Waals surface area contributed by atoms with Gasteiger partial charge in [-0.3, -0.25) is 0 Å². The lowest BCUT2D eigenvalue weighted by Gasteiger charge is -2.36. The van der Waals surface area contributed by atoms with Gasteiger partial charge in [0.1, 0.15) is 12.4 Å². The number of nitrogens with zero attached hydrogens (tertiary/aromatic N) is 1. The second kappa shape index (κ2) is 7.11. The van der Waals surface area contributed by atoms with Gasteiger partial charge in [0.25, 0.3) is 0 Å². The van der Waals surface area contributed by atoms with Crippen LogP contribution in [0.2, 0.25) is 0 Å². The second-order valence-corrected chi connectivity index (χ2v) is 7.16. The first-order chi connectivity index (χ1) is 10.0. The highest BCUT2D eigenvalue weighted by Crippen LogP contribution is 2.27. The van der Waals surface area contributed by atoms with E-state index in [1.165, 1.54) is 4.31 Å². The molecule has 0 spiro atoms. The Morgan fingerprint density at radius 1 is 1.33 bits per heavy atom. The fraction of sp³-hybridized carbons (Fsp3) is 0.571. The molecule has 0 unspecified atom stereocenters. The first kappa shape index (κ1) is 16.1. The summed E-state index contributed by atoms with van der Waals surface area (Å²) in [7, 11) is -3.42. The van der Waals surface area contributed by atoms with Crippen LogP contribution in [0.1, 0.15) is 19.3 Å². The third kappa shape index (κ3) is 4.09. The van der Waals surface area contributed by atoms with Crippen LogP contribution in [0.3, 0.4) is 0 Å². The number of hydrogen-bond acceptors (Lipinski definition) is 5. The molecule has 1 aromatic rings. The van der Waals surface area contributed by atoms with Gasteiger partial charge >= 0.3 is 0 Å². The second-order valence-electron chi connectivity index (χ2n) is 5.12. The lowest BCUT2D eigenvalue weighted by molar-refractivity contribution is 0.177. The zero-order valence-corrected chi connectivity index (χ0v) is 12.8. The van der Waals surface area contributed by atoms with Gasteiger partial charge in [-0.1, -0.05) is 18.6 Å². The Morgan fingerprint density at radius 2 is 2.05 bits per heavy atom. The standard InChI is InChI=1S/C14H22N2O4S/c15-13-6-1-2-7-14(13)20-10-11-21(18,19)16(8-9-17)12-4-3-5-12/h1-2,6-7,12,17H,3-5,8-11,15H2. The van der Waals surface area contributed by atoms with Crippen molar-refractivity contribution in [1.29, 1.82) is 0 Å². The van der Waals surface area contributed by atoms with Gasteiger partial charge in [-0.25, -0.2) is 8.42 Å². The van der Waals surface area contributed by atoms with Gasteiger partial charge in [-0.2, -0.15) is 4.31 Å². The number of ether oxygens (including phenoxy) is 1. The summed E-state index contributed by atoms with van der Waals surface area (Å²) in [6.45, 7) is 0.0356. The van der Waals surface area contributed by atoms with Crippen LogP contribution in [-0.4, -0.2) is 49.4 Å². The Kier molecular flexibility index (Phi) is 5.44. The summed E-state index contributed by atoms with van der Waals surface area (Å²) in [4.78, 5) is 0. The number of benzene rings is 1. The summed E-state index contributed by atoms with van der Waals surface area (Å²) >= 11 is 0. The molecule has 0 bridgehead atoms. The molecule has 1 aliphatic rings. The molecule has 0 atom stereocenters. The Hall–Kier alpha value is -1.31. The smallest absolute Gasteiger partial charge is 0.217 e. The molecule has 0 amide bonds. The molecule has 1 aliphatic carbocycles. The Morgan fingerprint density at radius 3 is 2.62 bits per heavy atom. The zero-order valence-electron chi connectivity index (χ0n) is 11.9. The van der Waals surface area contributed by atoms with Crippen molar-refractivity contribution in [1.82, 2.24) is 4.31 Å². The highest BCUT2D eigenvalue weighted by Gasteiger charge is 2.33. The summed E-state index contributed by atoms with van der Waals surface area (Å²) in [6.07, 6.45) is 2.77. The molecule has 0 radical (unpaired) electrons. The number of para-hydroxylation sites is 2. The maximum Gasteiger partial charge on any atom is 0.217 e. The number of sulfonamides is 1. The fourth-order valence-electron chi connectivity index (χ4n) is 2.31. The SMILES string of the molecule is Nc1ccccc1OCCS(=O)(=O)N(CCO)C1CCC1. The molecular weight excluding hydrogens is 292 g/mol. The first-order valence-corrected chi connectivity index (χ1v) is 8.73. The normalized spacial score (nSPS) is 15.9. The molecule has 118 valence electrons. The molecule has 21 heavy (non-hydrogen) atoms. The predicted molar refractivity (Wildman–Crippen MR) is 81.6 cm³/mol. The van der Waals surface area contributed by atoms with E-state index in [1.807, 2.05) is 0 Å². The highest BCUT2D eigenvalue weighted by molar-refractivity contribution is 7.89. The topological polar surface area (TPSA) is 92.9 Å². The molecule has 0 aliphatic heterocycles. The van der Waals surface area contributed by atoms with E-state index in [9.17, 15) is 8.42 Å². The summed E-state index contributed by atoms with van der Waals surface area (Å²) in [6, 6.07) is 7.02. The molecule has 0 aromatic heterocycles. The number of aliphatic hydroxyl groups is 1. The summed E-state index contributed by atoms with van der Waals surface area (Å²) in [5, 5.41) is 9.05. The average molecular weight is 314 g/mol. The highest BCUT2D eigenvalue weighted by atomic mass is 32.2. The largest absolute Gasteiger partial charge is 0.490 e. The van der Waals surface area contributed by atoms with Gasteiger partial charge in [-0.05, 0) is 25.0 Å². The van der Waals surface area contributed by atoms with E-state index in [4.69, 9.17) is 15.6 Å². The molecular formula is C14H22N2O4S. The monoisotopic (exact) mass is 314 g/mol. The van der Waals surface area contributed by atoms with Crippen molar-refractivity contribution in [3.63, 3.8) is 0 Å². The van der Waals surface area contributed by atoms with E-state index in [-0.39, 0.29) is 31.6 Å². The van der Waals surface area contributed by atoms with Crippen molar-refractivity contribution in [2.75, 3.05) is 31.2 Å². The third-order valence-corrected chi connectivity index (χ3v) is 5.56. The molecule has 0 saturated heterocycles. The number of rotatable bonds is 8. The summed E-state index contributed by atoms with van der Waals surface area (Å²) in [5.74, 6) is 0.378. The zero-order chi connectivity index (χ0) is 15.3. The Balaban J connectivity index is 1.92. The molecule has 1 aromatic carbocycles. The maximum atomic E-state index is 12.3. The molecule has 0 heterocycles. The van der Waals surface area contributed by atoms with Crippen molar-refractivity contribution in [3.8, 4) is 5.75 Å². The molecule has 6 nitrogen and oxygen atoms in total. The maximum absolute atomic E-state index is 12.3. The molecule has 3 N–H and O–H groups in total. The van der Waals surface area contributed by atoms with Crippen LogP contribution in [0.4, 0.5) is 5.69 Å². The van der Waals surface area contributed by atoms with E-state index >= 15 is 0 Å². The van der Waals surface area contributed by atoms with Crippen LogP contribution < -0.4 is 10.5 Å². The number of hydrogen-bond donors (Lipinski definition) is 2. The minimum absolute atomic E-state index is 0.0314. The molecule has 1 fully saturated rings. The van der Waals surface area contributed by atoms with Crippen molar-refractivity contribution < 1.29 is 18.3 Å². The lowest BCUT2D eigenvalue weighted by Crippen LogP contribution is -2.47. The fourth-order valence-corrected chi connectivity index (χ4v) is 3.86. The summed E-state index contributed by atoms with van der Waals surface area (Å²) < 4.78 is 31.5. The third-order valence-electron chi connectivity index (χ3n) is 3.68. The van der Waals surface area contributed by atoms with Crippen LogP contribution in [0.5, 0.6) is 5.75 Å². The van der Waals surface area contributed by atoms with E-state index in [2.05, 4.69) is 0 Å². The number of anilines is 1. The van der Waals surface area contributed by atoms with Gasteiger partial charge in [0.05, 0.1) is 18.0 Å². The molecule has 1 saturated carbocycles. The minimum atomic E-state index is -3.42. The average Bonchev–Trinajstić information content (AvgIpc) is 2.38. The van der Waals surface area contributed by atoms with Gasteiger partial charge in [-0.15, -0.1) is 0 Å². The van der Waals surface area contributed by atoms with Crippen LogP contribution in [0.25, 0.3) is 0 Å². The number of nitrogens with two attached hydrogens (primary N) is 1. The van der Waals surface area contributed by atoms with Gasteiger partial charge in [0.2, 0.25) is 10.0 Å². The van der Waals surface area contributed by atoms with Crippen LogP contribution in [-0.2, 0) is 10.0 Å². The molecule has 2 rings (SSSR count). The van der Waals surface area contributed by atoms with E-state index in [0.29, 0.717) is 11.4 Å². The van der Waals surface area contributed by atoms with Gasteiger partial charge in [0, 0.05) is 12.6 Å². The van der Waals surface area contributed by atoms with E-state index in [0.717, 1.165) is 19.3 Å². The van der Waals surface area contributed by atoms with E-state index in [1.54, 1.807) is 24.3 Å². The van der Waals surface area contributed by atoms with Crippen molar-refractivity contribution in [2.24, 2.45) is 0 Å². The quantitative estimate of drug-likeness (QED) is 0.693. The van der Waals surface area contributed by atoms with Crippen LogP contribution in [0, 0.1) is 0 Å². The first-order valence-electron chi connectivity index (χ1n) is 7.12. The van der Waals surface area contributed by atoms with Crippen LogP contribution >= 0.6 is 0 Å². The van der Waals surface area contributed by atoms with E-state index < -0.39 is 10.0 Å². The van der Waals surface area contributed by atoms with Crippen molar-refractivity contribution in [2.45, 2.75) is 25.3 Å². The number of aliphatic hydroxyl groups excluding tert-OH is 1. The van der Waals surface area contributed by atoms with Gasteiger partial charge < -0.3 is 15.6 Å². The van der Waals surface area contributed by atoms with Crippen LogP contribution in [0.15, 0.2) is 24.3 Å². The lowest BCUT2D eigenvalue weighted by atomic mass is 9.93. The Labute approximate surface area is 125 Å². The molecule has 7 heteroatoms. The Bertz CT molecular complexity index is 558. The minimum Gasteiger partial charge on any atom is -0.490 e. The number of nitrogen functional groups attached to an aromatic ring is 1. The van der Waals surface area contributed by atoms with Gasteiger partial charge in [0.15, 0.2) is 0 Å². The van der Waals surface area contributed by atoms with Crippen molar-refractivity contribution >= 4 is 15.7 Å². The predicted octanol–water partition coefficient (Wildman–Crippen LogP) is 0.824. The summed E-state index contributed by atoms with van der Waals surface area (Å²) in [5.41, 5.74) is 6.23. The van der Waals surface area contributed by atoms with Crippen molar-refractivity contribution in [3.05, 3.63) is 24.3 Å².